The van der Waals surface area contributed by atoms with Gasteiger partial charge in [-0.15, -0.1) is 119 Å². The molecule has 0 saturated carbocycles. The molecule has 0 radical (unpaired) electrons. The van der Waals surface area contributed by atoms with Crippen LogP contribution in [0.3, 0.4) is 0 Å². The van der Waals surface area contributed by atoms with Crippen molar-refractivity contribution in [2.45, 2.75) is 197 Å². The van der Waals surface area contributed by atoms with E-state index < -0.39 is 62.5 Å². The molecular weight excluding hydrogens is 1520 g/mol. The van der Waals surface area contributed by atoms with Gasteiger partial charge in [0, 0.05) is 6.61 Å². The summed E-state index contributed by atoms with van der Waals surface area (Å²) in [7, 11) is 29.6. The van der Waals surface area contributed by atoms with E-state index in [1.54, 1.807) is 0 Å². The minimum atomic E-state index is -0.826. The predicted octanol–water partition coefficient (Wildman–Crippen LogP) is 29.3. The summed E-state index contributed by atoms with van der Waals surface area (Å²) in [6.45, 7) is 34.0. The fourth-order valence-corrected chi connectivity index (χ4v) is 11.4. The number of halogens is 6. The molecule has 0 aromatic heterocycles. The molecule has 12 aromatic rings. The van der Waals surface area contributed by atoms with E-state index in [9.17, 15) is 0 Å². The summed E-state index contributed by atoms with van der Waals surface area (Å²) in [5, 5.41) is 16.4. The van der Waals surface area contributed by atoms with Crippen LogP contribution in [-0.4, -0.2) is 12.2 Å². The Kier molecular flexibility index (Phi) is 40.4. The van der Waals surface area contributed by atoms with E-state index in [2.05, 4.69) is 304 Å². The van der Waals surface area contributed by atoms with Gasteiger partial charge in [-0.1, -0.05) is 249 Å². The second-order valence-electron chi connectivity index (χ2n) is 27.5. The number of aryl methyl sites for hydroxylation is 5. The number of hydrogen-bond donors (Lipinski definition) is 0. The van der Waals surface area contributed by atoms with E-state index >= 15 is 0 Å². The van der Waals surface area contributed by atoms with Gasteiger partial charge in [-0.3, -0.25) is 0 Å². The molecule has 504 valence electrons. The fraction of sp³-hybridized carbons (Fsp3) is 0.365. The summed E-state index contributed by atoms with van der Waals surface area (Å²) in [5.41, 5.74) is 13.4. The van der Waals surface area contributed by atoms with Crippen LogP contribution in [-0.2, 0) is 97.4 Å². The van der Waals surface area contributed by atoms with Crippen LogP contribution in [0.15, 0.2) is 200 Å². The van der Waals surface area contributed by atoms with Crippen LogP contribution in [0, 0.1) is 27.7 Å². The number of ether oxygens (including phenoxy) is 1. The Bertz CT molecular complexity index is 3840. The first-order valence-electron chi connectivity index (χ1n) is 33.8. The van der Waals surface area contributed by atoms with Gasteiger partial charge in [0.1, 0.15) is 0 Å². The fourth-order valence-electron chi connectivity index (χ4n) is 11.4. The second-order valence-corrected chi connectivity index (χ2v) is 38.7. The van der Waals surface area contributed by atoms with Crippen molar-refractivity contribution in [2.75, 3.05) is 6.61 Å². The number of unbranched alkanes of at least 4 members (excludes halogenated alkanes) is 6. The first-order chi connectivity index (χ1) is 45.4. The molecule has 0 atom stereocenters. The van der Waals surface area contributed by atoms with Gasteiger partial charge in [-0.05, 0) is 50.9 Å². The Hall–Kier alpha value is -2.67. The molecule has 12 aromatic carbocycles. The zero-order chi connectivity index (χ0) is 70.0. The van der Waals surface area contributed by atoms with Gasteiger partial charge in [0.15, 0.2) is 0 Å². The first-order valence-corrected chi connectivity index (χ1v) is 52.8. The molecule has 0 unspecified atom stereocenters. The summed E-state index contributed by atoms with van der Waals surface area (Å²) in [5.74, 6) is 0. The molecule has 1 nitrogen and oxygen atoms in total. The van der Waals surface area contributed by atoms with Crippen molar-refractivity contribution in [1.82, 2.24) is 0 Å². The standard InChI is InChI=1S/C21H25.C19H21.C14H23O.C13H9.2C9H13.6ClH.3Zr/c1-20(2,3)16-7-9-18-14(12-16)11-15-13-17(21(4,5)6)8-10-19(15)18;1-2-3-4-5-8-15-11-12-19-17(13-15)14-16-9-6-7-10-18(16)19;1-14(2,3)15-12-8-4-5-9-13-10-6-7-11-13;1-3-7-12-10(5-1)9-11-6-2-4-8-13(11)12;1-6-5-7(2)9(4)8(6)3;1-2-3-6-9-7-4-5-8-9;;;;;;;;;/h7-13H,1-6H3;6-7,9-14H,2-5,8H2,1H3;6-7,10-11H,4-5,8-9,12H2,1-3H3;1-9H;5H,1-4H3;4-5,7-8H,2-3,6H2,1H3;6*1H;;;/q6*-1;;;;;;;3*+4/p-6. The van der Waals surface area contributed by atoms with E-state index in [-0.39, 0.29) is 16.4 Å². The number of rotatable bonds is 14. The average molecular weight is 1630 g/mol. The third kappa shape index (κ3) is 30.2. The maximum Gasteiger partial charge on any atom is -0.0771 e. The molecule has 0 amide bonds. The maximum atomic E-state index is 5.67. The molecule has 0 fully saturated rings. The van der Waals surface area contributed by atoms with Gasteiger partial charge >= 0.3 is 114 Å². The molecule has 0 heterocycles. The molecule has 0 saturated heterocycles. The second kappa shape index (κ2) is 45.2. The summed E-state index contributed by atoms with van der Waals surface area (Å²) in [6, 6.07) is 72.9. The molecular formula is C85H104Cl6OZr3. The van der Waals surface area contributed by atoms with Crippen LogP contribution in [0.25, 0.3) is 64.6 Å². The van der Waals surface area contributed by atoms with E-state index in [1.165, 1.54) is 192 Å². The smallest absolute Gasteiger partial charge is 0.0771 e. The Labute approximate surface area is 629 Å². The zero-order valence-corrected chi connectivity index (χ0v) is 71.3. The van der Waals surface area contributed by atoms with E-state index in [0.717, 1.165) is 6.61 Å². The third-order valence-electron chi connectivity index (χ3n) is 17.1. The van der Waals surface area contributed by atoms with Crippen molar-refractivity contribution >= 4 is 116 Å². The average Bonchev–Trinajstić information content (AvgIpc) is 1.65. The van der Waals surface area contributed by atoms with Crippen molar-refractivity contribution in [3.05, 3.63) is 250 Å². The number of fused-ring (bicyclic) bond motifs is 9. The molecule has 0 N–H and O–H groups in total. The van der Waals surface area contributed by atoms with Crippen LogP contribution in [0.1, 0.15) is 184 Å². The molecule has 0 aliphatic carbocycles. The van der Waals surface area contributed by atoms with Crippen molar-refractivity contribution in [1.29, 1.82) is 0 Å². The first kappa shape index (κ1) is 84.7. The quantitative estimate of drug-likeness (QED) is 0.0779. The van der Waals surface area contributed by atoms with Gasteiger partial charge in [-0.2, -0.15) is 75.8 Å². The molecule has 12 rings (SSSR count). The third-order valence-corrected chi connectivity index (χ3v) is 17.1. The SMILES string of the molecule is CC(C)(C)OCCCCCc1cc[cH-]c1.CC(C)(C)c1ccc2c(c1)[cH-]c1cc(C(C)(C)C)ccc12.CCCCCCc1ccc2c(c1)[cH-]c1ccccc12.CCCCc1cc[cH-]c1.Cc1[cH-]c(C)c(C)c1C.[Cl][Zr+2][Cl].[Cl][Zr+2][Cl].[Cl][Zr+2][Cl].c1ccc2c(c1)[cH-]c1ccccc12. The normalized spacial score (nSPS) is 10.8. The van der Waals surface area contributed by atoms with Crippen molar-refractivity contribution in [2.24, 2.45) is 0 Å². The van der Waals surface area contributed by atoms with Crippen LogP contribution < -0.4 is 0 Å². The molecule has 0 aliphatic heterocycles. The Morgan fingerprint density at radius 1 is 0.358 bits per heavy atom. The van der Waals surface area contributed by atoms with Crippen molar-refractivity contribution in [3.63, 3.8) is 0 Å². The van der Waals surface area contributed by atoms with Gasteiger partial charge in [-0.25, -0.2) is 12.1 Å². The van der Waals surface area contributed by atoms with Crippen LogP contribution >= 0.6 is 51.1 Å². The Balaban J connectivity index is 0.000000241. The summed E-state index contributed by atoms with van der Waals surface area (Å²) >= 11 is -2.48. The largest absolute Gasteiger partial charge is 0.126 e. The monoisotopic (exact) mass is 1620 g/mol. The topological polar surface area (TPSA) is 9.23 Å². The summed E-state index contributed by atoms with van der Waals surface area (Å²) < 4.78 is 5.67. The van der Waals surface area contributed by atoms with Gasteiger partial charge in [0.2, 0.25) is 0 Å². The Morgan fingerprint density at radius 3 is 1.07 bits per heavy atom. The summed E-state index contributed by atoms with van der Waals surface area (Å²) in [6.07, 6.45) is 15.4. The molecule has 0 bridgehead atoms. The van der Waals surface area contributed by atoms with Crippen molar-refractivity contribution in [3.8, 4) is 0 Å². The molecule has 10 heteroatoms. The van der Waals surface area contributed by atoms with E-state index in [0.29, 0.717) is 0 Å². The van der Waals surface area contributed by atoms with Crippen LogP contribution in [0.2, 0.25) is 0 Å². The molecule has 0 aliphatic rings. The maximum absolute atomic E-state index is 5.67. The number of benzene rings is 6. The minimum absolute atomic E-state index is 0.0195. The van der Waals surface area contributed by atoms with Crippen LogP contribution in [0.5, 0.6) is 0 Å². The molecule has 0 spiro atoms. The van der Waals surface area contributed by atoms with Crippen LogP contribution in [0.4, 0.5) is 0 Å². The van der Waals surface area contributed by atoms with E-state index in [4.69, 9.17) is 55.8 Å². The van der Waals surface area contributed by atoms with Gasteiger partial charge in [0.05, 0.1) is 5.60 Å². The number of hydrogen-bond acceptors (Lipinski definition) is 1. The molecule has 95 heavy (non-hydrogen) atoms. The summed E-state index contributed by atoms with van der Waals surface area (Å²) in [4.78, 5) is 0. The zero-order valence-electron chi connectivity index (χ0n) is 59.4. The predicted molar refractivity (Wildman–Crippen MR) is 418 cm³/mol. The van der Waals surface area contributed by atoms with Crippen molar-refractivity contribution < 1.29 is 67.3 Å². The van der Waals surface area contributed by atoms with E-state index in [1.807, 2.05) is 0 Å². The Morgan fingerprint density at radius 2 is 0.705 bits per heavy atom. The van der Waals surface area contributed by atoms with Gasteiger partial charge in [0.25, 0.3) is 0 Å². The van der Waals surface area contributed by atoms with Gasteiger partial charge < -0.3 is 4.74 Å². The minimum Gasteiger partial charge on any atom is -0.126 e.